The average Bonchev–Trinajstić information content (AvgIpc) is 3.30. The van der Waals surface area contributed by atoms with Crippen LogP contribution in [0.2, 0.25) is 0 Å². The Morgan fingerprint density at radius 3 is 2.54 bits per heavy atom. The Hall–Kier alpha value is -2.66. The van der Waals surface area contributed by atoms with Crippen molar-refractivity contribution in [1.29, 1.82) is 0 Å². The summed E-state index contributed by atoms with van der Waals surface area (Å²) >= 11 is 0. The first-order valence-electron chi connectivity index (χ1n) is 11.7. The number of carbonyl (C=O) groups excluding carboxylic acids is 1. The van der Waals surface area contributed by atoms with E-state index in [1.54, 1.807) is 16.9 Å². The molecule has 2 aliphatic heterocycles. The molecule has 0 aliphatic carbocycles. The molecule has 2 fully saturated rings. The van der Waals surface area contributed by atoms with Crippen molar-refractivity contribution in [2.75, 3.05) is 46.5 Å². The summed E-state index contributed by atoms with van der Waals surface area (Å²) in [5.74, 6) is 0.528. The summed E-state index contributed by atoms with van der Waals surface area (Å²) in [6, 6.07) is 5.04. The van der Waals surface area contributed by atoms with E-state index in [1.807, 2.05) is 13.8 Å². The number of likely N-dealkylation sites (tertiary alicyclic amines) is 1. The van der Waals surface area contributed by atoms with Crippen molar-refractivity contribution in [3.05, 3.63) is 47.1 Å². The van der Waals surface area contributed by atoms with Crippen LogP contribution in [-0.4, -0.2) is 78.1 Å². The Bertz CT molecular complexity index is 1010. The Labute approximate surface area is 202 Å². The van der Waals surface area contributed by atoms with Gasteiger partial charge in [-0.1, -0.05) is 17.3 Å². The van der Waals surface area contributed by atoms with Crippen LogP contribution in [-0.2, 0) is 22.1 Å². The summed E-state index contributed by atoms with van der Waals surface area (Å²) in [6.07, 6.45) is -3.32. The van der Waals surface area contributed by atoms with Crippen LogP contribution in [0.1, 0.15) is 54.9 Å². The third-order valence-electron chi connectivity index (χ3n) is 6.49. The lowest BCUT2D eigenvalue weighted by Crippen LogP contribution is -2.56. The molecule has 2 unspecified atom stereocenters. The number of aromatic nitrogens is 2. The van der Waals surface area contributed by atoms with Gasteiger partial charge in [0.1, 0.15) is 0 Å². The summed E-state index contributed by atoms with van der Waals surface area (Å²) in [5.41, 5.74) is -0.405. The second-order valence-electron chi connectivity index (χ2n) is 9.76. The van der Waals surface area contributed by atoms with Crippen LogP contribution in [0.25, 0.3) is 0 Å². The molecule has 192 valence electrons. The van der Waals surface area contributed by atoms with E-state index in [2.05, 4.69) is 10.1 Å². The number of rotatable bonds is 5. The molecule has 11 heteroatoms. The average molecular weight is 497 g/mol. The van der Waals surface area contributed by atoms with Crippen molar-refractivity contribution < 1.29 is 32.0 Å². The van der Waals surface area contributed by atoms with Crippen LogP contribution in [0.5, 0.6) is 0 Å². The van der Waals surface area contributed by atoms with E-state index in [1.165, 1.54) is 12.1 Å². The topological polar surface area (TPSA) is 80.9 Å². The predicted octanol–water partition coefficient (Wildman–Crippen LogP) is 4.08. The van der Waals surface area contributed by atoms with Crippen molar-refractivity contribution in [3.63, 3.8) is 0 Å². The van der Waals surface area contributed by atoms with Gasteiger partial charge in [0.05, 0.1) is 36.8 Å². The highest BCUT2D eigenvalue weighted by Crippen LogP contribution is 2.37. The zero-order valence-electron chi connectivity index (χ0n) is 20.2. The van der Waals surface area contributed by atoms with Crippen molar-refractivity contribution in [3.8, 4) is 0 Å². The second kappa shape index (κ2) is 10.1. The van der Waals surface area contributed by atoms with Gasteiger partial charge >= 0.3 is 12.2 Å². The minimum atomic E-state index is -4.40. The molecule has 35 heavy (non-hydrogen) atoms. The van der Waals surface area contributed by atoms with Gasteiger partial charge in [0.15, 0.2) is 5.82 Å². The van der Waals surface area contributed by atoms with E-state index >= 15 is 0 Å². The van der Waals surface area contributed by atoms with Crippen LogP contribution in [0.15, 0.2) is 28.8 Å². The van der Waals surface area contributed by atoms with E-state index in [0.717, 1.165) is 17.7 Å². The molecule has 2 aliphatic rings. The van der Waals surface area contributed by atoms with Gasteiger partial charge in [-0.2, -0.15) is 18.2 Å². The maximum Gasteiger partial charge on any atom is 0.416 e. The van der Waals surface area contributed by atoms with Crippen LogP contribution in [0, 0.1) is 0 Å². The van der Waals surface area contributed by atoms with Gasteiger partial charge < -0.3 is 23.8 Å². The lowest BCUT2D eigenvalue weighted by Gasteiger charge is -2.43. The number of benzene rings is 1. The maximum absolute atomic E-state index is 13.5. The number of alkyl halides is 3. The number of hydrogen-bond donors (Lipinski definition) is 0. The fraction of sp³-hybridized carbons (Fsp3) is 0.625. The molecule has 0 spiro atoms. The number of piperidine rings is 1. The highest BCUT2D eigenvalue weighted by molar-refractivity contribution is 5.75. The SMILES string of the molecule is COCCc1noc(C2CC(c3ccc(C(F)(F)F)cc3)CN(C(=O)N3CCOC(C)(C)C3)C2)n1. The minimum Gasteiger partial charge on any atom is -0.384 e. The molecular formula is C24H31F3N4O4. The minimum absolute atomic E-state index is 0.123. The standard InChI is InChI=1S/C24H31F3N4O4/c1-23(2)15-30(9-11-34-23)22(32)31-13-17(16-4-6-19(7-5-16)24(25,26)27)12-18(14-31)21-28-20(29-35-21)8-10-33-3/h4-7,17-18H,8-15H2,1-3H3. The van der Waals surface area contributed by atoms with Gasteiger partial charge in [0.2, 0.25) is 5.89 Å². The van der Waals surface area contributed by atoms with Crippen LogP contribution in [0.4, 0.5) is 18.0 Å². The van der Waals surface area contributed by atoms with Gasteiger partial charge in [-0.15, -0.1) is 0 Å². The maximum atomic E-state index is 13.5. The van der Waals surface area contributed by atoms with Gasteiger partial charge in [-0.3, -0.25) is 0 Å². The van der Waals surface area contributed by atoms with E-state index in [4.69, 9.17) is 14.0 Å². The monoisotopic (exact) mass is 496 g/mol. The third kappa shape index (κ3) is 6.13. The zero-order valence-corrected chi connectivity index (χ0v) is 20.2. The quantitative estimate of drug-likeness (QED) is 0.621. The highest BCUT2D eigenvalue weighted by atomic mass is 19.4. The van der Waals surface area contributed by atoms with Crippen LogP contribution >= 0.6 is 0 Å². The molecule has 8 nitrogen and oxygen atoms in total. The van der Waals surface area contributed by atoms with E-state index < -0.39 is 17.3 Å². The van der Waals surface area contributed by atoms with E-state index in [-0.39, 0.29) is 17.9 Å². The summed E-state index contributed by atoms with van der Waals surface area (Å²) in [7, 11) is 1.59. The van der Waals surface area contributed by atoms with Gasteiger partial charge in [-0.05, 0) is 38.0 Å². The summed E-state index contributed by atoms with van der Waals surface area (Å²) < 4.78 is 55.5. The third-order valence-corrected chi connectivity index (χ3v) is 6.49. The molecule has 0 bridgehead atoms. The molecule has 2 saturated heterocycles. The molecule has 2 atom stereocenters. The predicted molar refractivity (Wildman–Crippen MR) is 120 cm³/mol. The molecule has 0 saturated carbocycles. The summed E-state index contributed by atoms with van der Waals surface area (Å²) in [6.45, 7) is 6.51. The fourth-order valence-corrected chi connectivity index (χ4v) is 4.73. The molecule has 2 amide bonds. The van der Waals surface area contributed by atoms with Crippen molar-refractivity contribution in [2.45, 2.75) is 50.3 Å². The smallest absolute Gasteiger partial charge is 0.384 e. The molecule has 1 aromatic carbocycles. The number of carbonyl (C=O) groups is 1. The summed E-state index contributed by atoms with van der Waals surface area (Å²) in [4.78, 5) is 21.5. The number of nitrogens with zero attached hydrogens (tertiary/aromatic N) is 4. The van der Waals surface area contributed by atoms with E-state index in [9.17, 15) is 18.0 Å². The highest BCUT2D eigenvalue weighted by Gasteiger charge is 2.39. The number of amides is 2. The molecule has 0 radical (unpaired) electrons. The second-order valence-corrected chi connectivity index (χ2v) is 9.76. The number of morpholine rings is 1. The van der Waals surface area contributed by atoms with Crippen LogP contribution < -0.4 is 0 Å². The number of ether oxygens (including phenoxy) is 2. The molecule has 0 N–H and O–H groups in total. The number of methoxy groups -OCH3 is 1. The Morgan fingerprint density at radius 1 is 1.17 bits per heavy atom. The van der Waals surface area contributed by atoms with Gasteiger partial charge in [0, 0.05) is 39.1 Å². The number of urea groups is 1. The lowest BCUT2D eigenvalue weighted by atomic mass is 9.84. The van der Waals surface area contributed by atoms with Crippen molar-refractivity contribution in [2.24, 2.45) is 0 Å². The lowest BCUT2D eigenvalue weighted by molar-refractivity contribution is -0.137. The Kier molecular flexibility index (Phi) is 7.37. The van der Waals surface area contributed by atoms with Gasteiger partial charge in [-0.25, -0.2) is 4.79 Å². The summed E-state index contributed by atoms with van der Waals surface area (Å²) in [5, 5.41) is 4.02. The normalized spacial score (nSPS) is 22.9. The van der Waals surface area contributed by atoms with Gasteiger partial charge in [0.25, 0.3) is 0 Å². The first kappa shape index (κ1) is 25.4. The molecule has 3 heterocycles. The Morgan fingerprint density at radius 2 is 1.89 bits per heavy atom. The van der Waals surface area contributed by atoms with E-state index in [0.29, 0.717) is 63.9 Å². The van der Waals surface area contributed by atoms with Crippen molar-refractivity contribution in [1.82, 2.24) is 19.9 Å². The molecular weight excluding hydrogens is 465 g/mol. The molecule has 4 rings (SSSR count). The molecule has 1 aromatic heterocycles. The van der Waals surface area contributed by atoms with Crippen LogP contribution in [0.3, 0.4) is 0 Å². The first-order chi connectivity index (χ1) is 16.6. The number of halogens is 3. The number of hydrogen-bond acceptors (Lipinski definition) is 6. The fourth-order valence-electron chi connectivity index (χ4n) is 4.73. The molecule has 2 aromatic rings. The zero-order chi connectivity index (χ0) is 25.2. The van der Waals surface area contributed by atoms with Crippen molar-refractivity contribution >= 4 is 6.03 Å². The largest absolute Gasteiger partial charge is 0.416 e. The Balaban J connectivity index is 1.57. The first-order valence-corrected chi connectivity index (χ1v) is 11.7.